The molecule has 6 aliphatic rings. The maximum atomic E-state index is 15.7. The summed E-state index contributed by atoms with van der Waals surface area (Å²) >= 11 is 0. The third-order valence-electron chi connectivity index (χ3n) is 13.8. The Labute approximate surface area is 400 Å². The molecule has 5 heterocycles. The van der Waals surface area contributed by atoms with Crippen LogP contribution in [0, 0.1) is 10.8 Å². The smallest absolute Gasteiger partial charge is 0.348 e. The quantitative estimate of drug-likeness (QED) is 0.132. The SMILES string of the molecule is CC(C)(C)OC(=O)CC[C@@H](CO)NC(=O)[C@H]1CCCN1C(=O)[C@@]12C[C@H]3OC(=O)[C@@H]1N(Cc1ccc(C=CC(=O)O[C@H]4C(=O)OCC4(C)C)cc1)O[C@@H]2[C@H]1OC(c2ccccc2)(c2ccccc2)O[C@H]13. The number of ether oxygens (including phenoxy) is 6. The lowest BCUT2D eigenvalue weighted by Gasteiger charge is -2.50. The van der Waals surface area contributed by atoms with Crippen molar-refractivity contribution in [1.82, 2.24) is 15.3 Å². The molecule has 0 unspecified atom stereocenters. The molecule has 2 N–H and O–H groups in total. The van der Waals surface area contributed by atoms with Crippen LogP contribution in [0.5, 0.6) is 0 Å². The molecule has 17 heteroatoms. The molecule has 1 aliphatic carbocycles. The standard InChI is InChI=1S/C52H59N3O14/c1-49(2,3)66-39(58)25-23-35(29-56)53-45(59)36-17-12-26-54(36)48(62)51-27-37-40-41(68-52(67-40,33-13-8-6-9-14-33)34-15-10-7-11-16-34)43(51)69-55(42(51)46(60)64-37)28-32-20-18-31(19-21-32)22-24-38(57)65-44-47(61)63-30-50(44,4)5/h6-11,13-16,18-22,24,35-37,40-44,56H,12,17,23,25-30H2,1-5H3,(H,53,59)/t35-,36+,37+,40-,41-,42-,43+,44-,51-/m0/s1. The molecular weight excluding hydrogens is 891 g/mol. The fourth-order valence-electron chi connectivity index (χ4n) is 10.6. The van der Waals surface area contributed by atoms with Crippen LogP contribution in [0.3, 0.4) is 0 Å². The molecule has 3 aromatic rings. The average molecular weight is 950 g/mol. The Kier molecular flexibility index (Phi) is 13.0. The second-order valence-corrected chi connectivity index (χ2v) is 20.4. The number of esters is 4. The number of rotatable bonds is 14. The summed E-state index contributed by atoms with van der Waals surface area (Å²) in [4.78, 5) is 90.3. The summed E-state index contributed by atoms with van der Waals surface area (Å²) in [6, 6.07) is 23.0. The van der Waals surface area contributed by atoms with Crippen LogP contribution in [0.25, 0.3) is 6.08 Å². The van der Waals surface area contributed by atoms with E-state index in [1.807, 2.05) is 60.7 Å². The lowest BCUT2D eigenvalue weighted by atomic mass is 9.62. The van der Waals surface area contributed by atoms with Gasteiger partial charge in [-0.2, -0.15) is 5.06 Å². The Hall–Kier alpha value is -5.98. The highest BCUT2D eigenvalue weighted by molar-refractivity contribution is 5.97. The first kappa shape index (κ1) is 48.1. The van der Waals surface area contributed by atoms with Crippen LogP contribution < -0.4 is 5.32 Å². The van der Waals surface area contributed by atoms with Crippen LogP contribution in [0.1, 0.15) is 89.0 Å². The van der Waals surface area contributed by atoms with Gasteiger partial charge in [0.25, 0.3) is 0 Å². The molecule has 17 nitrogen and oxygen atoms in total. The number of fused-ring (bicyclic) bond motifs is 4. The number of hydrogen-bond acceptors (Lipinski definition) is 15. The van der Waals surface area contributed by atoms with Gasteiger partial charge in [-0.3, -0.25) is 24.0 Å². The van der Waals surface area contributed by atoms with Crippen molar-refractivity contribution in [2.24, 2.45) is 10.8 Å². The normalized spacial score (nSPS) is 29.2. The molecule has 5 aliphatic heterocycles. The molecule has 9 rings (SSSR count). The van der Waals surface area contributed by atoms with Crippen molar-refractivity contribution >= 4 is 41.8 Å². The van der Waals surface area contributed by atoms with E-state index in [1.165, 1.54) is 16.0 Å². The fraction of sp³-hybridized carbons (Fsp3) is 0.500. The van der Waals surface area contributed by atoms with Gasteiger partial charge in [-0.05, 0) is 57.2 Å². The second-order valence-electron chi connectivity index (χ2n) is 20.4. The van der Waals surface area contributed by atoms with E-state index in [0.29, 0.717) is 35.1 Å². The first-order valence-electron chi connectivity index (χ1n) is 23.6. The topological polar surface area (TPSA) is 206 Å². The monoisotopic (exact) mass is 949 g/mol. The minimum Gasteiger partial charge on any atom is -0.462 e. The third-order valence-corrected chi connectivity index (χ3v) is 13.8. The zero-order valence-electron chi connectivity index (χ0n) is 39.4. The number of cyclic esters (lactones) is 1. The van der Waals surface area contributed by atoms with Gasteiger partial charge in [0.15, 0.2) is 6.04 Å². The van der Waals surface area contributed by atoms with Gasteiger partial charge in [-0.25, -0.2) is 9.59 Å². The second kappa shape index (κ2) is 18.7. The van der Waals surface area contributed by atoms with E-state index < -0.39 is 113 Å². The molecule has 0 spiro atoms. The van der Waals surface area contributed by atoms with Crippen molar-refractivity contribution in [2.45, 2.75) is 133 Å². The van der Waals surface area contributed by atoms with Gasteiger partial charge in [0.2, 0.25) is 23.7 Å². The minimum atomic E-state index is -1.60. The number of aliphatic hydroxyl groups excluding tert-OH is 1. The van der Waals surface area contributed by atoms with Crippen LogP contribution >= 0.6 is 0 Å². The summed E-state index contributed by atoms with van der Waals surface area (Å²) in [6.07, 6.45) is -1.13. The number of carbonyl (C=O) groups excluding carboxylic acids is 6. The van der Waals surface area contributed by atoms with E-state index in [2.05, 4.69) is 5.32 Å². The zero-order chi connectivity index (χ0) is 48.9. The number of amides is 2. The minimum absolute atomic E-state index is 0.0170. The maximum absolute atomic E-state index is 15.7. The summed E-state index contributed by atoms with van der Waals surface area (Å²) in [7, 11) is 0. The molecule has 2 amide bonds. The third kappa shape index (κ3) is 9.18. The van der Waals surface area contributed by atoms with E-state index in [-0.39, 0.29) is 39.0 Å². The van der Waals surface area contributed by atoms with E-state index in [0.717, 1.165) is 0 Å². The highest BCUT2D eigenvalue weighted by Gasteiger charge is 2.77. The lowest BCUT2D eigenvalue weighted by molar-refractivity contribution is -0.214. The Balaban J connectivity index is 1.01. The van der Waals surface area contributed by atoms with Crippen LogP contribution in [0.4, 0.5) is 0 Å². The van der Waals surface area contributed by atoms with Gasteiger partial charge < -0.3 is 43.7 Å². The number of nitrogens with zero attached hydrogens (tertiary/aromatic N) is 2. The van der Waals surface area contributed by atoms with E-state index in [4.69, 9.17) is 33.3 Å². The van der Waals surface area contributed by atoms with Gasteiger partial charge in [-0.1, -0.05) is 98.8 Å². The summed E-state index contributed by atoms with van der Waals surface area (Å²) in [5, 5.41) is 14.6. The average Bonchev–Trinajstić information content (AvgIpc) is 4.12. The summed E-state index contributed by atoms with van der Waals surface area (Å²) in [6.45, 7) is 8.80. The van der Waals surface area contributed by atoms with Crippen LogP contribution in [0.2, 0.25) is 0 Å². The Morgan fingerprint density at radius 2 is 1.58 bits per heavy atom. The Morgan fingerprint density at radius 3 is 2.20 bits per heavy atom. The van der Waals surface area contributed by atoms with Crippen molar-refractivity contribution in [2.75, 3.05) is 19.8 Å². The fourth-order valence-corrected chi connectivity index (χ4v) is 10.6. The molecular formula is C52H59N3O14. The van der Waals surface area contributed by atoms with Crippen molar-refractivity contribution in [3.63, 3.8) is 0 Å². The van der Waals surface area contributed by atoms with Gasteiger partial charge in [0, 0.05) is 42.0 Å². The van der Waals surface area contributed by atoms with E-state index >= 15 is 4.79 Å². The molecule has 5 saturated heterocycles. The molecule has 0 radical (unpaired) electrons. The largest absolute Gasteiger partial charge is 0.462 e. The first-order valence-corrected chi connectivity index (χ1v) is 23.6. The molecule has 2 bridgehead atoms. The summed E-state index contributed by atoms with van der Waals surface area (Å²) in [5.74, 6) is -4.86. The number of carbonyl (C=O) groups is 6. The molecule has 6 fully saturated rings. The van der Waals surface area contributed by atoms with Crippen LogP contribution in [-0.2, 0) is 74.4 Å². The molecule has 0 aromatic heterocycles. The highest BCUT2D eigenvalue weighted by atomic mass is 16.8. The van der Waals surface area contributed by atoms with Gasteiger partial charge >= 0.3 is 23.9 Å². The number of benzene rings is 3. The lowest BCUT2D eigenvalue weighted by Crippen LogP contribution is -2.70. The predicted octanol–water partition coefficient (Wildman–Crippen LogP) is 4.27. The summed E-state index contributed by atoms with van der Waals surface area (Å²) in [5.41, 5.74) is -0.236. The predicted molar refractivity (Wildman–Crippen MR) is 243 cm³/mol. The van der Waals surface area contributed by atoms with Crippen LogP contribution in [-0.4, -0.2) is 125 Å². The van der Waals surface area contributed by atoms with Gasteiger partial charge in [0.1, 0.15) is 48.1 Å². The van der Waals surface area contributed by atoms with Crippen molar-refractivity contribution in [3.8, 4) is 0 Å². The number of aliphatic hydroxyl groups is 1. The molecule has 1 saturated carbocycles. The van der Waals surface area contributed by atoms with Crippen LogP contribution in [0.15, 0.2) is 91.0 Å². The Morgan fingerprint density at radius 1 is 0.913 bits per heavy atom. The number of hydroxylamine groups is 2. The number of hydrogen-bond donors (Lipinski definition) is 2. The first-order chi connectivity index (χ1) is 32.9. The van der Waals surface area contributed by atoms with Crippen molar-refractivity contribution < 1.29 is 67.1 Å². The molecule has 3 aromatic carbocycles. The van der Waals surface area contributed by atoms with E-state index in [9.17, 15) is 29.1 Å². The van der Waals surface area contributed by atoms with Crippen molar-refractivity contribution in [1.29, 1.82) is 0 Å². The highest BCUT2D eigenvalue weighted by Crippen LogP contribution is 2.60. The Bertz CT molecular complexity index is 2430. The van der Waals surface area contributed by atoms with E-state index in [1.54, 1.807) is 65.0 Å². The van der Waals surface area contributed by atoms with Gasteiger partial charge in [0.05, 0.1) is 19.2 Å². The zero-order valence-corrected chi connectivity index (χ0v) is 39.4. The molecule has 69 heavy (non-hydrogen) atoms. The number of likely N-dealkylation sites (tertiary alicyclic amines) is 1. The van der Waals surface area contributed by atoms with Gasteiger partial charge in [-0.15, -0.1) is 0 Å². The summed E-state index contributed by atoms with van der Waals surface area (Å²) < 4.78 is 36.3. The number of nitrogens with one attached hydrogen (secondary N) is 1. The maximum Gasteiger partial charge on any atom is 0.348 e. The van der Waals surface area contributed by atoms with Crippen molar-refractivity contribution in [3.05, 3.63) is 113 Å². The molecule has 9 atom stereocenters. The molecule has 366 valence electrons.